The predicted octanol–water partition coefficient (Wildman–Crippen LogP) is 4.79. The van der Waals surface area contributed by atoms with E-state index < -0.39 is 0 Å². The number of H-pyrrole nitrogens is 1. The summed E-state index contributed by atoms with van der Waals surface area (Å²) in [5, 5.41) is 5.00. The van der Waals surface area contributed by atoms with Crippen molar-refractivity contribution in [1.82, 2.24) is 10.3 Å². The smallest absolute Gasteiger partial charge is 0.124 e. The van der Waals surface area contributed by atoms with E-state index in [9.17, 15) is 0 Å². The minimum Gasteiger partial charge on any atom is -0.496 e. The van der Waals surface area contributed by atoms with Gasteiger partial charge in [-0.1, -0.05) is 28.1 Å². The third-order valence-corrected chi connectivity index (χ3v) is 5.43. The molecular weight excluding hydrogens is 364 g/mol. The van der Waals surface area contributed by atoms with E-state index in [4.69, 9.17) is 4.74 Å². The highest BCUT2D eigenvalue weighted by Crippen LogP contribution is 2.36. The van der Waals surface area contributed by atoms with Crippen LogP contribution in [0.5, 0.6) is 5.75 Å². The van der Waals surface area contributed by atoms with Crippen LogP contribution in [0.25, 0.3) is 10.9 Å². The Balaban J connectivity index is 1.87. The fourth-order valence-corrected chi connectivity index (χ4v) is 4.32. The topological polar surface area (TPSA) is 37.0 Å². The fourth-order valence-electron chi connectivity index (χ4n) is 3.96. The number of aromatic amines is 1. The van der Waals surface area contributed by atoms with Crippen molar-refractivity contribution in [1.29, 1.82) is 0 Å². The zero-order chi connectivity index (χ0) is 16.8. The second-order valence-electron chi connectivity index (χ2n) is 6.53. The van der Waals surface area contributed by atoms with Gasteiger partial charge in [0, 0.05) is 27.6 Å². The molecule has 1 atom stereocenters. The van der Waals surface area contributed by atoms with Crippen LogP contribution in [0, 0.1) is 13.8 Å². The normalized spacial score (nSPS) is 17.1. The molecule has 1 aliphatic rings. The Labute approximate surface area is 150 Å². The number of hydrogen-bond donors (Lipinski definition) is 2. The molecule has 0 fully saturated rings. The molecule has 3 aromatic rings. The number of halogens is 1. The van der Waals surface area contributed by atoms with Crippen molar-refractivity contribution in [2.75, 3.05) is 13.7 Å². The van der Waals surface area contributed by atoms with Gasteiger partial charge < -0.3 is 15.0 Å². The molecule has 1 unspecified atom stereocenters. The quantitative estimate of drug-likeness (QED) is 0.666. The predicted molar refractivity (Wildman–Crippen MR) is 102 cm³/mol. The first kappa shape index (κ1) is 15.7. The van der Waals surface area contributed by atoms with Crippen molar-refractivity contribution in [2.45, 2.75) is 26.3 Å². The van der Waals surface area contributed by atoms with Gasteiger partial charge in [0.25, 0.3) is 0 Å². The zero-order valence-corrected chi connectivity index (χ0v) is 15.8. The molecule has 0 saturated carbocycles. The Bertz CT molecular complexity index is 906. The van der Waals surface area contributed by atoms with E-state index in [1.165, 1.54) is 38.9 Å². The number of fused-ring (bicyclic) bond motifs is 3. The van der Waals surface area contributed by atoms with Crippen LogP contribution in [0.15, 0.2) is 34.8 Å². The Kier molecular flexibility index (Phi) is 3.89. The third-order valence-electron chi connectivity index (χ3n) is 4.93. The Morgan fingerprint density at radius 3 is 2.58 bits per heavy atom. The summed E-state index contributed by atoms with van der Waals surface area (Å²) in [6, 6.07) is 11.1. The molecule has 2 aromatic carbocycles. The van der Waals surface area contributed by atoms with Crippen LogP contribution in [-0.4, -0.2) is 18.6 Å². The van der Waals surface area contributed by atoms with Crippen LogP contribution in [0.4, 0.5) is 0 Å². The van der Waals surface area contributed by atoms with E-state index in [1.54, 1.807) is 7.11 Å². The minimum absolute atomic E-state index is 0.197. The molecule has 0 bridgehead atoms. The first-order chi connectivity index (χ1) is 11.6. The standard InChI is InChI=1S/C20H21BrN2O/c1-11-8-13(9-12(2)20(11)24-3)18-19-15(6-7-22-18)16-10-14(21)4-5-17(16)23-19/h4-5,8-10,18,22-23H,6-7H2,1-3H3. The van der Waals surface area contributed by atoms with Gasteiger partial charge in [-0.2, -0.15) is 0 Å². The van der Waals surface area contributed by atoms with E-state index in [2.05, 4.69) is 70.4 Å². The third kappa shape index (κ3) is 2.45. The molecular formula is C20H21BrN2O. The molecule has 0 spiro atoms. The largest absolute Gasteiger partial charge is 0.496 e. The Morgan fingerprint density at radius 1 is 1.12 bits per heavy atom. The first-order valence-corrected chi connectivity index (χ1v) is 9.06. The molecule has 4 rings (SSSR count). The molecule has 0 amide bonds. The van der Waals surface area contributed by atoms with E-state index >= 15 is 0 Å². The number of ether oxygens (including phenoxy) is 1. The van der Waals surface area contributed by atoms with Gasteiger partial charge in [0.1, 0.15) is 5.75 Å². The number of rotatable bonds is 2. The summed E-state index contributed by atoms with van der Waals surface area (Å²) in [4.78, 5) is 3.64. The lowest BCUT2D eigenvalue weighted by molar-refractivity contribution is 0.408. The molecule has 0 aliphatic carbocycles. The number of aryl methyl sites for hydroxylation is 2. The summed E-state index contributed by atoms with van der Waals surface area (Å²) in [6.45, 7) is 5.21. The zero-order valence-electron chi connectivity index (χ0n) is 14.2. The van der Waals surface area contributed by atoms with Gasteiger partial charge in [-0.3, -0.25) is 0 Å². The molecule has 2 N–H and O–H groups in total. The summed E-state index contributed by atoms with van der Waals surface area (Å²) >= 11 is 3.60. The number of hydrogen-bond acceptors (Lipinski definition) is 2. The van der Waals surface area contributed by atoms with Gasteiger partial charge in [0.05, 0.1) is 13.2 Å². The molecule has 4 heteroatoms. The number of methoxy groups -OCH3 is 1. The molecule has 3 nitrogen and oxygen atoms in total. The van der Waals surface area contributed by atoms with Crippen LogP contribution < -0.4 is 10.1 Å². The highest BCUT2D eigenvalue weighted by Gasteiger charge is 2.26. The van der Waals surface area contributed by atoms with Gasteiger partial charge in [-0.05, 0) is 60.7 Å². The van der Waals surface area contributed by atoms with E-state index in [-0.39, 0.29) is 6.04 Å². The number of benzene rings is 2. The van der Waals surface area contributed by atoms with E-state index in [0.29, 0.717) is 0 Å². The molecule has 24 heavy (non-hydrogen) atoms. The van der Waals surface area contributed by atoms with Gasteiger partial charge >= 0.3 is 0 Å². The maximum atomic E-state index is 5.52. The molecule has 124 valence electrons. The highest BCUT2D eigenvalue weighted by atomic mass is 79.9. The molecule has 1 aromatic heterocycles. The van der Waals surface area contributed by atoms with Crippen LogP contribution in [0.3, 0.4) is 0 Å². The number of nitrogens with one attached hydrogen (secondary N) is 2. The van der Waals surface area contributed by atoms with Crippen LogP contribution in [-0.2, 0) is 6.42 Å². The maximum Gasteiger partial charge on any atom is 0.124 e. The van der Waals surface area contributed by atoms with Crippen molar-refractivity contribution in [2.24, 2.45) is 0 Å². The summed E-state index contributed by atoms with van der Waals surface area (Å²) < 4.78 is 6.64. The summed E-state index contributed by atoms with van der Waals surface area (Å²) in [5.74, 6) is 0.982. The minimum atomic E-state index is 0.197. The van der Waals surface area contributed by atoms with Crippen LogP contribution >= 0.6 is 15.9 Å². The van der Waals surface area contributed by atoms with Crippen LogP contribution in [0.2, 0.25) is 0 Å². The summed E-state index contributed by atoms with van der Waals surface area (Å²) in [7, 11) is 1.74. The monoisotopic (exact) mass is 384 g/mol. The van der Waals surface area contributed by atoms with Gasteiger partial charge in [0.2, 0.25) is 0 Å². The lowest BCUT2D eigenvalue weighted by Crippen LogP contribution is -2.30. The molecule has 1 aliphatic heterocycles. The summed E-state index contributed by atoms with van der Waals surface area (Å²) in [6.07, 6.45) is 1.05. The van der Waals surface area contributed by atoms with Gasteiger partial charge in [-0.15, -0.1) is 0 Å². The average Bonchev–Trinajstić information content (AvgIpc) is 2.92. The van der Waals surface area contributed by atoms with E-state index in [1.807, 2.05) is 0 Å². The first-order valence-electron chi connectivity index (χ1n) is 8.27. The lowest BCUT2D eigenvalue weighted by Gasteiger charge is -2.26. The maximum absolute atomic E-state index is 5.52. The second kappa shape index (κ2) is 5.94. The number of aromatic nitrogens is 1. The SMILES string of the molecule is COc1c(C)cc(C2NCCc3c2[nH]c2ccc(Br)cc32)cc1C. The van der Waals surface area contributed by atoms with Crippen molar-refractivity contribution in [3.05, 3.63) is 62.8 Å². The lowest BCUT2D eigenvalue weighted by atomic mass is 9.92. The fraction of sp³-hybridized carbons (Fsp3) is 0.300. The Morgan fingerprint density at radius 2 is 1.88 bits per heavy atom. The van der Waals surface area contributed by atoms with Crippen molar-refractivity contribution in [3.8, 4) is 5.75 Å². The highest BCUT2D eigenvalue weighted by molar-refractivity contribution is 9.10. The van der Waals surface area contributed by atoms with Gasteiger partial charge in [-0.25, -0.2) is 0 Å². The molecule has 0 saturated heterocycles. The van der Waals surface area contributed by atoms with Crippen molar-refractivity contribution in [3.63, 3.8) is 0 Å². The van der Waals surface area contributed by atoms with Crippen LogP contribution in [0.1, 0.15) is 34.0 Å². The van der Waals surface area contributed by atoms with Crippen molar-refractivity contribution < 1.29 is 4.74 Å². The summed E-state index contributed by atoms with van der Waals surface area (Å²) in [5.41, 5.74) is 7.58. The Hall–Kier alpha value is -1.78. The molecule has 0 radical (unpaired) electrons. The average molecular weight is 385 g/mol. The van der Waals surface area contributed by atoms with Gasteiger partial charge in [0.15, 0.2) is 0 Å². The second-order valence-corrected chi connectivity index (χ2v) is 7.45. The molecule has 2 heterocycles. The van der Waals surface area contributed by atoms with E-state index in [0.717, 1.165) is 23.2 Å². The van der Waals surface area contributed by atoms with Crippen molar-refractivity contribution >= 4 is 26.8 Å².